The lowest BCUT2D eigenvalue weighted by molar-refractivity contribution is 0.101. The summed E-state index contributed by atoms with van der Waals surface area (Å²) < 4.78 is 5.69. The third-order valence-electron chi connectivity index (χ3n) is 4.65. The number of fused-ring (bicyclic) bond motifs is 1. The van der Waals surface area contributed by atoms with E-state index in [1.54, 1.807) is 19.1 Å². The Labute approximate surface area is 158 Å². The monoisotopic (exact) mass is 362 g/mol. The molecule has 0 amide bonds. The van der Waals surface area contributed by atoms with Crippen LogP contribution in [0.2, 0.25) is 0 Å². The zero-order valence-electron chi connectivity index (χ0n) is 15.2. The van der Waals surface area contributed by atoms with Gasteiger partial charge in [-0.05, 0) is 44.0 Å². The molecule has 1 fully saturated rings. The predicted molar refractivity (Wildman–Crippen MR) is 107 cm³/mol. The molecule has 4 rings (SSSR count). The summed E-state index contributed by atoms with van der Waals surface area (Å²) in [6.07, 6.45) is 2.40. The van der Waals surface area contributed by atoms with E-state index < -0.39 is 0 Å². The number of aromatic nitrogens is 2. The van der Waals surface area contributed by atoms with Crippen molar-refractivity contribution in [1.29, 1.82) is 0 Å². The first-order valence-corrected chi connectivity index (χ1v) is 9.19. The average molecular weight is 362 g/mol. The molecule has 0 spiro atoms. The Morgan fingerprint density at radius 2 is 2.07 bits per heavy atom. The fraction of sp³-hybridized carbons (Fsp3) is 0.286. The van der Waals surface area contributed by atoms with Gasteiger partial charge in [-0.1, -0.05) is 24.3 Å². The molecule has 1 atom stereocenters. The lowest BCUT2D eigenvalue weighted by Crippen LogP contribution is -2.19. The molecule has 0 unspecified atom stereocenters. The number of carbonyl (C=O) groups excluding carboxylic acids is 1. The average Bonchev–Trinajstić information content (AvgIpc) is 3.20. The van der Waals surface area contributed by atoms with Crippen molar-refractivity contribution >= 4 is 34.1 Å². The first kappa shape index (κ1) is 17.4. The van der Waals surface area contributed by atoms with Crippen molar-refractivity contribution in [2.75, 3.05) is 23.8 Å². The second kappa shape index (κ2) is 7.72. The zero-order chi connectivity index (χ0) is 18.6. The van der Waals surface area contributed by atoms with Gasteiger partial charge in [-0.3, -0.25) is 4.79 Å². The molecule has 1 aliphatic heterocycles. The van der Waals surface area contributed by atoms with Crippen LogP contribution in [0.5, 0.6) is 0 Å². The molecule has 138 valence electrons. The minimum atomic E-state index is 0.0250. The van der Waals surface area contributed by atoms with Crippen molar-refractivity contribution in [3.63, 3.8) is 0 Å². The van der Waals surface area contributed by atoms with Gasteiger partial charge in [0.25, 0.3) is 0 Å². The van der Waals surface area contributed by atoms with Crippen LogP contribution >= 0.6 is 0 Å². The standard InChI is InChI=1S/C21H22N4O2/c1-14(26)15-6-4-7-16(12-15)23-21-24-19-10-3-2-9-18(19)20(25-21)22-13-17-8-5-11-27-17/h2-4,6-7,9-10,12,17H,5,8,11,13H2,1H3,(H2,22,23,24,25)/t17-/m1/s1. The maximum atomic E-state index is 11.6. The van der Waals surface area contributed by atoms with Crippen LogP contribution in [-0.4, -0.2) is 35.0 Å². The summed E-state index contributed by atoms with van der Waals surface area (Å²) in [6, 6.07) is 15.2. The van der Waals surface area contributed by atoms with Crippen molar-refractivity contribution in [2.24, 2.45) is 0 Å². The topological polar surface area (TPSA) is 76.1 Å². The molecule has 1 aliphatic rings. The SMILES string of the molecule is CC(=O)c1cccc(Nc2nc(NC[C@H]3CCCO3)c3ccccc3n2)c1. The van der Waals surface area contributed by atoms with Crippen molar-refractivity contribution in [2.45, 2.75) is 25.9 Å². The van der Waals surface area contributed by atoms with Gasteiger partial charge in [0.15, 0.2) is 5.78 Å². The molecule has 6 heteroatoms. The lowest BCUT2D eigenvalue weighted by atomic mass is 10.1. The molecule has 0 aliphatic carbocycles. The van der Waals surface area contributed by atoms with E-state index in [4.69, 9.17) is 4.74 Å². The number of carbonyl (C=O) groups is 1. The zero-order valence-corrected chi connectivity index (χ0v) is 15.2. The number of nitrogens with one attached hydrogen (secondary N) is 2. The fourth-order valence-corrected chi connectivity index (χ4v) is 3.23. The summed E-state index contributed by atoms with van der Waals surface area (Å²) >= 11 is 0. The summed E-state index contributed by atoms with van der Waals surface area (Å²) in [5, 5.41) is 7.60. The summed E-state index contributed by atoms with van der Waals surface area (Å²) in [4.78, 5) is 20.9. The molecule has 6 nitrogen and oxygen atoms in total. The number of benzene rings is 2. The van der Waals surface area contributed by atoms with Crippen LogP contribution in [0.3, 0.4) is 0 Å². The Kier molecular flexibility index (Phi) is 4.98. The van der Waals surface area contributed by atoms with E-state index in [9.17, 15) is 4.79 Å². The maximum absolute atomic E-state index is 11.6. The van der Waals surface area contributed by atoms with E-state index in [-0.39, 0.29) is 11.9 Å². The predicted octanol–water partition coefficient (Wildman–Crippen LogP) is 4.17. The third kappa shape index (κ3) is 4.06. The number of Topliss-reactive ketones (excluding diaryl/α,β-unsaturated/α-hetero) is 1. The Morgan fingerprint density at radius 1 is 1.19 bits per heavy atom. The molecule has 0 radical (unpaired) electrons. The van der Waals surface area contributed by atoms with Crippen molar-refractivity contribution in [3.05, 3.63) is 54.1 Å². The summed E-state index contributed by atoms with van der Waals surface area (Å²) in [6.45, 7) is 3.11. The van der Waals surface area contributed by atoms with Crippen LogP contribution in [0.1, 0.15) is 30.1 Å². The third-order valence-corrected chi connectivity index (χ3v) is 4.65. The highest BCUT2D eigenvalue weighted by Gasteiger charge is 2.16. The molecular weight excluding hydrogens is 340 g/mol. The molecule has 1 saturated heterocycles. The van der Waals surface area contributed by atoms with E-state index in [1.165, 1.54) is 0 Å². The van der Waals surface area contributed by atoms with E-state index in [1.807, 2.05) is 36.4 Å². The molecule has 27 heavy (non-hydrogen) atoms. The van der Waals surface area contributed by atoms with Crippen LogP contribution in [0, 0.1) is 0 Å². The highest BCUT2D eigenvalue weighted by molar-refractivity contribution is 5.95. The van der Waals surface area contributed by atoms with Crippen LogP contribution in [0.25, 0.3) is 10.9 Å². The van der Waals surface area contributed by atoms with E-state index >= 15 is 0 Å². The fourth-order valence-electron chi connectivity index (χ4n) is 3.23. The van der Waals surface area contributed by atoms with Gasteiger partial charge in [0.1, 0.15) is 5.82 Å². The number of hydrogen-bond donors (Lipinski definition) is 2. The second-order valence-electron chi connectivity index (χ2n) is 6.69. The quantitative estimate of drug-likeness (QED) is 0.641. The smallest absolute Gasteiger partial charge is 0.229 e. The van der Waals surface area contributed by atoms with Gasteiger partial charge in [0.2, 0.25) is 5.95 Å². The molecule has 2 N–H and O–H groups in total. The number of ether oxygens (including phenoxy) is 1. The molecule has 0 saturated carbocycles. The normalized spacial score (nSPS) is 16.4. The van der Waals surface area contributed by atoms with Gasteiger partial charge in [-0.15, -0.1) is 0 Å². The summed E-state index contributed by atoms with van der Waals surface area (Å²) in [5.74, 6) is 1.29. The number of rotatable bonds is 6. The van der Waals surface area contributed by atoms with Gasteiger partial charge in [-0.2, -0.15) is 4.98 Å². The molecule has 3 aromatic rings. The molecule has 2 heterocycles. The molecular formula is C21H22N4O2. The van der Waals surface area contributed by atoms with Crippen molar-refractivity contribution in [3.8, 4) is 0 Å². The second-order valence-corrected chi connectivity index (χ2v) is 6.69. The van der Waals surface area contributed by atoms with Gasteiger partial charge < -0.3 is 15.4 Å². The Bertz CT molecular complexity index is 967. The number of ketones is 1. The van der Waals surface area contributed by atoms with Gasteiger partial charge in [-0.25, -0.2) is 4.98 Å². The highest BCUT2D eigenvalue weighted by atomic mass is 16.5. The largest absolute Gasteiger partial charge is 0.376 e. The Morgan fingerprint density at radius 3 is 2.89 bits per heavy atom. The molecule has 1 aromatic heterocycles. The number of hydrogen-bond acceptors (Lipinski definition) is 6. The van der Waals surface area contributed by atoms with Gasteiger partial charge in [0, 0.05) is 29.8 Å². The molecule has 0 bridgehead atoms. The van der Waals surface area contributed by atoms with Crippen LogP contribution in [0.4, 0.5) is 17.5 Å². The van der Waals surface area contributed by atoms with Gasteiger partial charge in [0.05, 0.1) is 11.6 Å². The Hall–Kier alpha value is -2.99. The summed E-state index contributed by atoms with van der Waals surface area (Å²) in [5.41, 5.74) is 2.29. The number of para-hydroxylation sites is 1. The van der Waals surface area contributed by atoms with Crippen LogP contribution in [-0.2, 0) is 4.74 Å². The van der Waals surface area contributed by atoms with Crippen LogP contribution < -0.4 is 10.6 Å². The van der Waals surface area contributed by atoms with E-state index in [2.05, 4.69) is 20.6 Å². The number of anilines is 3. The van der Waals surface area contributed by atoms with E-state index in [0.29, 0.717) is 11.5 Å². The summed E-state index contributed by atoms with van der Waals surface area (Å²) in [7, 11) is 0. The van der Waals surface area contributed by atoms with Gasteiger partial charge >= 0.3 is 0 Å². The first-order chi connectivity index (χ1) is 13.2. The van der Waals surface area contributed by atoms with Crippen molar-refractivity contribution in [1.82, 2.24) is 9.97 Å². The lowest BCUT2D eigenvalue weighted by Gasteiger charge is -2.14. The molecule has 2 aromatic carbocycles. The minimum Gasteiger partial charge on any atom is -0.376 e. The van der Waals surface area contributed by atoms with E-state index in [0.717, 1.165) is 48.4 Å². The maximum Gasteiger partial charge on any atom is 0.229 e. The van der Waals surface area contributed by atoms with Crippen LogP contribution in [0.15, 0.2) is 48.5 Å². The first-order valence-electron chi connectivity index (χ1n) is 9.19. The minimum absolute atomic E-state index is 0.0250. The number of nitrogens with zero attached hydrogens (tertiary/aromatic N) is 2. The highest BCUT2D eigenvalue weighted by Crippen LogP contribution is 2.24. The van der Waals surface area contributed by atoms with Crippen molar-refractivity contribution < 1.29 is 9.53 Å². The Balaban J connectivity index is 1.62.